The van der Waals surface area contributed by atoms with Crippen LogP contribution in [0.15, 0.2) is 0 Å². The fraction of sp³-hybridized carbons (Fsp3) is 1.00. The maximum absolute atomic E-state index is 5.41. The summed E-state index contributed by atoms with van der Waals surface area (Å²) in [5, 5.41) is 0. The average molecular weight is 231 g/mol. The van der Waals surface area contributed by atoms with Gasteiger partial charge in [0.1, 0.15) is 0 Å². The van der Waals surface area contributed by atoms with Gasteiger partial charge in [-0.3, -0.25) is 0 Å². The van der Waals surface area contributed by atoms with Gasteiger partial charge < -0.3 is 0 Å². The van der Waals surface area contributed by atoms with E-state index in [2.05, 4.69) is 18.5 Å². The fourth-order valence-corrected chi connectivity index (χ4v) is 5.19. The molecule has 0 radical (unpaired) electrons. The van der Waals surface area contributed by atoms with E-state index in [1.807, 2.05) is 0 Å². The van der Waals surface area contributed by atoms with Gasteiger partial charge in [0.25, 0.3) is 0 Å². The second-order valence-electron chi connectivity index (χ2n) is 3.15. The van der Waals surface area contributed by atoms with E-state index in [9.17, 15) is 0 Å². The normalized spacial score (nSPS) is 10.3. The van der Waals surface area contributed by atoms with Gasteiger partial charge in [-0.05, 0) is 0 Å². The number of hydrogen-bond acceptors (Lipinski definition) is 1. The Balaban J connectivity index is 3.16. The molecule has 0 spiro atoms. The minimum absolute atomic E-state index is 0.897. The van der Waals surface area contributed by atoms with Crippen molar-refractivity contribution in [3.63, 3.8) is 0 Å². The van der Waals surface area contributed by atoms with Crippen molar-refractivity contribution in [2.24, 2.45) is 5.73 Å². The van der Waals surface area contributed by atoms with Gasteiger partial charge in [0, 0.05) is 0 Å². The average Bonchev–Trinajstić information content (AvgIpc) is 1.82. The van der Waals surface area contributed by atoms with Crippen LogP contribution in [-0.2, 0) is 0 Å². The van der Waals surface area contributed by atoms with E-state index < -0.39 is 21.4 Å². The predicted molar refractivity (Wildman–Crippen MR) is 45.2 cm³/mol. The molecule has 0 aliphatic carbocycles. The van der Waals surface area contributed by atoms with Gasteiger partial charge in [-0.25, -0.2) is 0 Å². The second kappa shape index (κ2) is 5.60. The summed E-state index contributed by atoms with van der Waals surface area (Å²) in [6.45, 7) is 5.61. The van der Waals surface area contributed by atoms with E-state index in [0.29, 0.717) is 0 Å². The summed E-state index contributed by atoms with van der Waals surface area (Å²) in [6.07, 6.45) is 1.27. The van der Waals surface area contributed by atoms with Crippen molar-refractivity contribution in [3.05, 3.63) is 0 Å². The Morgan fingerprint density at radius 1 is 1.44 bits per heavy atom. The molecular formula is C7H18InN. The molecule has 0 amide bonds. The summed E-state index contributed by atoms with van der Waals surface area (Å²) in [7, 11) is 0. The Morgan fingerprint density at radius 3 is 2.33 bits per heavy atom. The molecule has 0 rings (SSSR count). The van der Waals surface area contributed by atoms with E-state index >= 15 is 0 Å². The molecule has 2 heteroatoms. The molecule has 0 fully saturated rings. The van der Waals surface area contributed by atoms with Crippen molar-refractivity contribution in [3.8, 4) is 0 Å². The molecule has 0 aliphatic heterocycles. The number of rotatable bonds is 4. The molecule has 0 aromatic rings. The molecule has 0 aromatic heterocycles. The zero-order valence-corrected chi connectivity index (χ0v) is 10.1. The third kappa shape index (κ3) is 5.28. The van der Waals surface area contributed by atoms with Crippen LogP contribution in [0.4, 0.5) is 0 Å². The Labute approximate surface area is 66.5 Å². The molecule has 1 nitrogen and oxygen atoms in total. The van der Waals surface area contributed by atoms with Crippen LogP contribution in [0.1, 0.15) is 20.3 Å². The molecule has 0 atom stereocenters. The second-order valence-corrected chi connectivity index (χ2v) is 14.2. The van der Waals surface area contributed by atoms with Crippen LogP contribution in [0.5, 0.6) is 0 Å². The summed E-state index contributed by atoms with van der Waals surface area (Å²) < 4.78 is 5.02. The third-order valence-corrected chi connectivity index (χ3v) is 12.3. The van der Waals surface area contributed by atoms with Crippen molar-refractivity contribution in [1.29, 1.82) is 0 Å². The van der Waals surface area contributed by atoms with Crippen molar-refractivity contribution in [2.75, 3.05) is 6.54 Å². The van der Waals surface area contributed by atoms with Gasteiger partial charge in [-0.15, -0.1) is 0 Å². The van der Waals surface area contributed by atoms with E-state index in [4.69, 9.17) is 5.73 Å². The molecule has 0 heterocycles. The van der Waals surface area contributed by atoms with Crippen LogP contribution >= 0.6 is 0 Å². The summed E-state index contributed by atoms with van der Waals surface area (Å²) in [5.41, 5.74) is 5.41. The molecular weight excluding hydrogens is 213 g/mol. The van der Waals surface area contributed by atoms with Gasteiger partial charge in [0.05, 0.1) is 0 Å². The standard InChI is InChI=1S/C3H8N.C3H7.CH3.In/c1-2-3-4;1-3-2;;/h1-4H2;3H,1-2H3;1H3;. The quantitative estimate of drug-likeness (QED) is 0.785. The Hall–Kier alpha value is 0.830. The first-order chi connectivity index (χ1) is 4.18. The van der Waals surface area contributed by atoms with E-state index in [1.54, 1.807) is 0 Å². The van der Waals surface area contributed by atoms with E-state index in [1.165, 1.54) is 10.6 Å². The fourth-order valence-electron chi connectivity index (χ4n) is 0.773. The van der Waals surface area contributed by atoms with Crippen molar-refractivity contribution >= 4 is 21.4 Å². The van der Waals surface area contributed by atoms with Crippen molar-refractivity contribution in [2.45, 2.75) is 32.8 Å². The van der Waals surface area contributed by atoms with Gasteiger partial charge in [0.15, 0.2) is 0 Å². The SMILES string of the molecule is C[CH](C)[In]([CH3])[CH2]CCN. The first-order valence-corrected chi connectivity index (χ1v) is 11.4. The maximum atomic E-state index is 5.41. The van der Waals surface area contributed by atoms with Crippen LogP contribution in [0.2, 0.25) is 12.5 Å². The molecule has 0 bridgehead atoms. The van der Waals surface area contributed by atoms with E-state index in [0.717, 1.165) is 10.2 Å². The van der Waals surface area contributed by atoms with Crippen molar-refractivity contribution < 1.29 is 0 Å². The summed E-state index contributed by atoms with van der Waals surface area (Å²) in [4.78, 5) is 0. The Morgan fingerprint density at radius 2 is 2.00 bits per heavy atom. The zero-order chi connectivity index (χ0) is 7.28. The molecule has 0 saturated heterocycles. The Bertz CT molecular complexity index is 63.9. The molecule has 9 heavy (non-hydrogen) atoms. The number of nitrogens with two attached hydrogens (primary N) is 1. The van der Waals surface area contributed by atoms with Crippen molar-refractivity contribution in [1.82, 2.24) is 0 Å². The van der Waals surface area contributed by atoms with Crippen LogP contribution in [0.3, 0.4) is 0 Å². The van der Waals surface area contributed by atoms with Gasteiger partial charge in [-0.2, -0.15) is 0 Å². The van der Waals surface area contributed by atoms with Gasteiger partial charge >= 0.3 is 66.5 Å². The topological polar surface area (TPSA) is 26.0 Å². The Kier molecular flexibility index (Phi) is 6.12. The predicted octanol–water partition coefficient (Wildman–Crippen LogP) is 1.87. The molecule has 2 N–H and O–H groups in total. The van der Waals surface area contributed by atoms with Gasteiger partial charge in [0.2, 0.25) is 0 Å². The van der Waals surface area contributed by atoms with Gasteiger partial charge in [-0.1, -0.05) is 0 Å². The molecule has 0 unspecified atom stereocenters. The summed E-state index contributed by atoms with van der Waals surface area (Å²) in [5.74, 6) is 0. The van der Waals surface area contributed by atoms with Crippen LogP contribution in [0.25, 0.3) is 0 Å². The molecule has 0 aromatic carbocycles. The third-order valence-electron chi connectivity index (χ3n) is 2.00. The monoisotopic (exact) mass is 231 g/mol. The molecule has 54 valence electrons. The van der Waals surface area contributed by atoms with Crippen LogP contribution in [0, 0.1) is 0 Å². The summed E-state index contributed by atoms with van der Waals surface area (Å²) >= 11 is -0.995. The minimum atomic E-state index is -0.995. The first-order valence-electron chi connectivity index (χ1n) is 3.88. The van der Waals surface area contributed by atoms with E-state index in [-0.39, 0.29) is 0 Å². The summed E-state index contributed by atoms with van der Waals surface area (Å²) in [6, 6.07) is 0. The number of hydrogen-bond donors (Lipinski definition) is 1. The zero-order valence-electron chi connectivity index (χ0n) is 6.85. The van der Waals surface area contributed by atoms with Crippen LogP contribution < -0.4 is 5.73 Å². The van der Waals surface area contributed by atoms with Crippen LogP contribution in [-0.4, -0.2) is 28.0 Å². The first kappa shape index (κ1) is 9.83. The molecule has 0 saturated carbocycles. The molecule has 0 aliphatic rings.